The number of anilines is 2. The summed E-state index contributed by atoms with van der Waals surface area (Å²) in [6.45, 7) is 5.23. The molecule has 0 unspecified atom stereocenters. The highest BCUT2D eigenvalue weighted by atomic mass is 19.1. The predicted molar refractivity (Wildman–Crippen MR) is 137 cm³/mol. The van der Waals surface area contributed by atoms with Crippen LogP contribution in [0, 0.1) is 5.82 Å². The minimum absolute atomic E-state index is 0.214. The van der Waals surface area contributed by atoms with Crippen molar-refractivity contribution in [2.45, 2.75) is 20.4 Å². The molecule has 0 saturated carbocycles. The van der Waals surface area contributed by atoms with Gasteiger partial charge in [-0.15, -0.1) is 0 Å². The molecule has 0 radical (unpaired) electrons. The van der Waals surface area contributed by atoms with E-state index in [0.29, 0.717) is 59.7 Å². The molecule has 0 saturated heterocycles. The Hall–Kier alpha value is -4.46. The largest absolute Gasteiger partial charge is 0.490 e. The van der Waals surface area contributed by atoms with Crippen molar-refractivity contribution >= 4 is 17.4 Å². The summed E-state index contributed by atoms with van der Waals surface area (Å²) in [5.41, 5.74) is 2.66. The lowest BCUT2D eigenvalue weighted by Crippen LogP contribution is -2.22. The Labute approximate surface area is 209 Å². The molecule has 3 aromatic carbocycles. The molecule has 4 rings (SSSR count). The third-order valence-electron chi connectivity index (χ3n) is 5.20. The number of rotatable bonds is 10. The Morgan fingerprint density at radius 2 is 1.72 bits per heavy atom. The average molecular weight is 487 g/mol. The van der Waals surface area contributed by atoms with Crippen molar-refractivity contribution in [2.24, 2.45) is 0 Å². The molecular weight excluding hydrogens is 459 g/mol. The molecule has 1 amide bonds. The Morgan fingerprint density at radius 3 is 2.53 bits per heavy atom. The molecule has 0 spiro atoms. The number of nitrogens with zero attached hydrogens (tertiary/aromatic N) is 2. The molecule has 0 bridgehead atoms. The van der Waals surface area contributed by atoms with Gasteiger partial charge in [0.2, 0.25) is 0 Å². The smallest absolute Gasteiger partial charge is 0.251 e. The number of benzene rings is 3. The average Bonchev–Trinajstić information content (AvgIpc) is 2.89. The SMILES string of the molecule is CCOc1ccc(CNC(=O)c2cccc(Nc3ccnc(-c4cccc(F)c4)n3)c2)cc1OCC. The van der Waals surface area contributed by atoms with Gasteiger partial charge in [0.05, 0.1) is 13.2 Å². The van der Waals surface area contributed by atoms with Crippen molar-refractivity contribution in [1.29, 1.82) is 0 Å². The molecule has 0 atom stereocenters. The van der Waals surface area contributed by atoms with Crippen LogP contribution in [0.4, 0.5) is 15.9 Å². The van der Waals surface area contributed by atoms with Gasteiger partial charge < -0.3 is 20.1 Å². The topological polar surface area (TPSA) is 85.4 Å². The first-order valence-electron chi connectivity index (χ1n) is 11.7. The Morgan fingerprint density at radius 1 is 0.917 bits per heavy atom. The van der Waals surface area contributed by atoms with E-state index in [-0.39, 0.29) is 11.7 Å². The monoisotopic (exact) mass is 486 g/mol. The van der Waals surface area contributed by atoms with E-state index in [1.54, 1.807) is 42.6 Å². The van der Waals surface area contributed by atoms with Crippen molar-refractivity contribution in [3.63, 3.8) is 0 Å². The maximum absolute atomic E-state index is 13.6. The Kier molecular flexibility index (Phi) is 8.08. The van der Waals surface area contributed by atoms with Crippen molar-refractivity contribution in [3.8, 4) is 22.9 Å². The van der Waals surface area contributed by atoms with E-state index < -0.39 is 0 Å². The van der Waals surface area contributed by atoms with Gasteiger partial charge in [-0.05, 0) is 67.9 Å². The van der Waals surface area contributed by atoms with Gasteiger partial charge in [0.1, 0.15) is 11.6 Å². The van der Waals surface area contributed by atoms with Crippen LogP contribution in [0.2, 0.25) is 0 Å². The molecular formula is C28H27FN4O3. The molecule has 36 heavy (non-hydrogen) atoms. The number of hydrogen-bond donors (Lipinski definition) is 2. The van der Waals surface area contributed by atoms with Crippen LogP contribution >= 0.6 is 0 Å². The minimum atomic E-state index is -0.354. The summed E-state index contributed by atoms with van der Waals surface area (Å²) in [7, 11) is 0. The summed E-state index contributed by atoms with van der Waals surface area (Å²) < 4.78 is 24.8. The first kappa shape index (κ1) is 24.7. The summed E-state index contributed by atoms with van der Waals surface area (Å²) in [4.78, 5) is 21.5. The highest BCUT2D eigenvalue weighted by Gasteiger charge is 2.10. The van der Waals surface area contributed by atoms with Crippen LogP contribution in [-0.2, 0) is 6.54 Å². The molecule has 0 aliphatic carbocycles. The zero-order valence-corrected chi connectivity index (χ0v) is 20.1. The van der Waals surface area contributed by atoms with Crippen molar-refractivity contribution in [1.82, 2.24) is 15.3 Å². The first-order chi connectivity index (χ1) is 17.6. The highest BCUT2D eigenvalue weighted by Crippen LogP contribution is 2.28. The molecule has 1 heterocycles. The maximum atomic E-state index is 13.6. The molecule has 0 aliphatic rings. The van der Waals surface area contributed by atoms with E-state index >= 15 is 0 Å². The van der Waals surface area contributed by atoms with Crippen LogP contribution in [0.3, 0.4) is 0 Å². The van der Waals surface area contributed by atoms with Crippen LogP contribution in [0.15, 0.2) is 79.0 Å². The molecule has 0 aliphatic heterocycles. The van der Waals surface area contributed by atoms with E-state index in [1.807, 2.05) is 38.1 Å². The highest BCUT2D eigenvalue weighted by molar-refractivity contribution is 5.95. The number of ether oxygens (including phenoxy) is 2. The summed E-state index contributed by atoms with van der Waals surface area (Å²) in [6, 6.07) is 20.5. The second-order valence-electron chi connectivity index (χ2n) is 7.81. The summed E-state index contributed by atoms with van der Waals surface area (Å²) in [5.74, 6) is 1.69. The quantitative estimate of drug-likeness (QED) is 0.297. The van der Waals surface area contributed by atoms with Gasteiger partial charge in [0, 0.05) is 29.6 Å². The van der Waals surface area contributed by atoms with Gasteiger partial charge in [0.25, 0.3) is 5.91 Å². The van der Waals surface area contributed by atoms with Gasteiger partial charge in [0.15, 0.2) is 17.3 Å². The number of carbonyl (C=O) groups excluding carboxylic acids is 1. The molecule has 1 aromatic heterocycles. The number of aromatic nitrogens is 2. The fraction of sp³-hybridized carbons (Fsp3) is 0.179. The molecule has 4 aromatic rings. The number of hydrogen-bond acceptors (Lipinski definition) is 6. The van der Waals surface area contributed by atoms with Gasteiger partial charge in [-0.1, -0.05) is 24.3 Å². The van der Waals surface area contributed by atoms with E-state index in [4.69, 9.17) is 9.47 Å². The zero-order valence-electron chi connectivity index (χ0n) is 20.1. The summed E-state index contributed by atoms with van der Waals surface area (Å²) >= 11 is 0. The first-order valence-corrected chi connectivity index (χ1v) is 11.7. The number of halogens is 1. The van der Waals surface area contributed by atoms with E-state index in [9.17, 15) is 9.18 Å². The normalized spacial score (nSPS) is 10.5. The van der Waals surface area contributed by atoms with Gasteiger partial charge >= 0.3 is 0 Å². The number of nitrogens with one attached hydrogen (secondary N) is 2. The van der Waals surface area contributed by atoms with Crippen molar-refractivity contribution < 1.29 is 18.7 Å². The maximum Gasteiger partial charge on any atom is 0.251 e. The lowest BCUT2D eigenvalue weighted by atomic mass is 10.1. The Balaban J connectivity index is 1.43. The van der Waals surface area contributed by atoms with Crippen LogP contribution in [0.5, 0.6) is 11.5 Å². The van der Waals surface area contributed by atoms with Gasteiger partial charge in [-0.2, -0.15) is 0 Å². The van der Waals surface area contributed by atoms with Crippen molar-refractivity contribution in [3.05, 3.63) is 95.9 Å². The third kappa shape index (κ3) is 6.35. The van der Waals surface area contributed by atoms with E-state index in [1.165, 1.54) is 12.1 Å². The molecule has 7 nitrogen and oxygen atoms in total. The number of amides is 1. The zero-order chi connectivity index (χ0) is 25.3. The second kappa shape index (κ2) is 11.8. The van der Waals surface area contributed by atoms with Gasteiger partial charge in [-0.3, -0.25) is 4.79 Å². The Bertz CT molecular complexity index is 1350. The summed E-state index contributed by atoms with van der Waals surface area (Å²) in [5, 5.41) is 6.12. The third-order valence-corrected chi connectivity index (χ3v) is 5.20. The predicted octanol–water partition coefficient (Wildman–Crippen LogP) is 5.75. The molecule has 8 heteroatoms. The fourth-order valence-corrected chi connectivity index (χ4v) is 3.57. The molecule has 2 N–H and O–H groups in total. The second-order valence-corrected chi connectivity index (χ2v) is 7.81. The van der Waals surface area contributed by atoms with Crippen LogP contribution in [0.1, 0.15) is 29.8 Å². The van der Waals surface area contributed by atoms with Crippen LogP contribution in [0.25, 0.3) is 11.4 Å². The lowest BCUT2D eigenvalue weighted by molar-refractivity contribution is 0.0951. The van der Waals surface area contributed by atoms with Gasteiger partial charge in [-0.25, -0.2) is 14.4 Å². The lowest BCUT2D eigenvalue weighted by Gasteiger charge is -2.13. The van der Waals surface area contributed by atoms with Crippen LogP contribution < -0.4 is 20.1 Å². The molecule has 184 valence electrons. The summed E-state index contributed by atoms with van der Waals surface area (Å²) in [6.07, 6.45) is 1.60. The minimum Gasteiger partial charge on any atom is -0.490 e. The standard InChI is InChI=1S/C28H27FN4O3/c1-3-35-24-12-11-19(15-25(24)36-4-2)18-31-28(34)21-8-6-10-23(17-21)32-26-13-14-30-27(33-26)20-7-5-9-22(29)16-20/h5-17H,3-4,18H2,1-2H3,(H,31,34)(H,30,32,33). The number of carbonyl (C=O) groups is 1. The van der Waals surface area contributed by atoms with Crippen molar-refractivity contribution in [2.75, 3.05) is 18.5 Å². The van der Waals surface area contributed by atoms with E-state index in [0.717, 1.165) is 5.56 Å². The fourth-order valence-electron chi connectivity index (χ4n) is 3.57. The van der Waals surface area contributed by atoms with E-state index in [2.05, 4.69) is 20.6 Å². The molecule has 0 fully saturated rings. The van der Waals surface area contributed by atoms with Crippen LogP contribution in [-0.4, -0.2) is 29.1 Å².